The Labute approximate surface area is 151 Å². The first-order valence-electron chi connectivity index (χ1n) is 8.44. The first kappa shape index (κ1) is 17.6. The lowest BCUT2D eigenvalue weighted by Gasteiger charge is -2.05. The van der Waals surface area contributed by atoms with E-state index in [9.17, 15) is 4.79 Å². The fourth-order valence-electron chi connectivity index (χ4n) is 2.54. The quantitative estimate of drug-likeness (QED) is 0.478. The van der Waals surface area contributed by atoms with Crippen LogP contribution in [0.5, 0.6) is 5.75 Å². The highest BCUT2D eigenvalue weighted by atomic mass is 16.5. The molecule has 0 radical (unpaired) electrons. The maximum absolute atomic E-state index is 12.3. The molecule has 0 aliphatic rings. The number of para-hydroxylation sites is 1. The first-order valence-corrected chi connectivity index (χ1v) is 8.44. The number of benzene rings is 1. The van der Waals surface area contributed by atoms with Gasteiger partial charge in [-0.25, -0.2) is 9.78 Å². The predicted octanol–water partition coefficient (Wildman–Crippen LogP) is 4.63. The third kappa shape index (κ3) is 3.42. The summed E-state index contributed by atoms with van der Waals surface area (Å²) in [4.78, 5) is 16.7. The Morgan fingerprint density at radius 1 is 1.12 bits per heavy atom. The van der Waals surface area contributed by atoms with Gasteiger partial charge in [-0.05, 0) is 44.5 Å². The van der Waals surface area contributed by atoms with Crippen molar-refractivity contribution in [3.8, 4) is 5.75 Å². The van der Waals surface area contributed by atoms with Crippen LogP contribution in [0.4, 0.5) is 11.5 Å². The van der Waals surface area contributed by atoms with Crippen molar-refractivity contribution in [2.75, 3.05) is 13.2 Å². The molecular weight excluding hydrogens is 332 g/mol. The normalized spacial score (nSPS) is 11.2. The van der Waals surface area contributed by atoms with Crippen molar-refractivity contribution in [3.63, 3.8) is 0 Å². The number of esters is 1. The van der Waals surface area contributed by atoms with Crippen molar-refractivity contribution >= 4 is 23.1 Å². The van der Waals surface area contributed by atoms with Crippen LogP contribution in [0.2, 0.25) is 0 Å². The zero-order valence-corrected chi connectivity index (χ0v) is 15.0. The predicted molar refractivity (Wildman–Crippen MR) is 97.7 cm³/mol. The van der Waals surface area contributed by atoms with Gasteiger partial charge < -0.3 is 9.47 Å². The van der Waals surface area contributed by atoms with Crippen LogP contribution in [0.15, 0.2) is 52.8 Å². The van der Waals surface area contributed by atoms with E-state index in [0.29, 0.717) is 29.5 Å². The van der Waals surface area contributed by atoms with Crippen LogP contribution >= 0.6 is 0 Å². The number of hydrogen-bond acceptors (Lipinski definition) is 6. The number of carbonyl (C=O) groups excluding carboxylic acids is 1. The van der Waals surface area contributed by atoms with E-state index in [1.54, 1.807) is 23.6 Å². The number of azo groups is 1. The van der Waals surface area contributed by atoms with Crippen LogP contribution in [-0.4, -0.2) is 28.6 Å². The molecule has 0 amide bonds. The highest BCUT2D eigenvalue weighted by Crippen LogP contribution is 2.31. The van der Waals surface area contributed by atoms with Gasteiger partial charge in [0.15, 0.2) is 11.5 Å². The highest BCUT2D eigenvalue weighted by Gasteiger charge is 2.21. The van der Waals surface area contributed by atoms with E-state index in [1.807, 2.05) is 44.2 Å². The van der Waals surface area contributed by atoms with Gasteiger partial charge in [-0.15, -0.1) is 10.2 Å². The van der Waals surface area contributed by atoms with E-state index in [4.69, 9.17) is 9.47 Å². The number of imidazole rings is 1. The van der Waals surface area contributed by atoms with Crippen molar-refractivity contribution in [1.29, 1.82) is 0 Å². The minimum Gasteiger partial charge on any atom is -0.492 e. The van der Waals surface area contributed by atoms with Crippen molar-refractivity contribution in [2.45, 2.75) is 20.8 Å². The number of carbonyl (C=O) groups is 1. The molecule has 0 spiro atoms. The molecule has 3 rings (SSSR count). The first-order chi connectivity index (χ1) is 12.7. The molecule has 2 heterocycles. The van der Waals surface area contributed by atoms with Gasteiger partial charge in [0.1, 0.15) is 17.1 Å². The van der Waals surface area contributed by atoms with Crippen LogP contribution in [0, 0.1) is 6.92 Å². The average molecular weight is 352 g/mol. The standard InChI is InChI=1S/C19H20N4O3/c1-4-25-15-11-7-6-10-14(15)21-22-18-16(19(24)26-5-2)20-17-13(3)9-8-12-23(17)18/h6-12H,4-5H2,1-3H3. The second-order valence-electron chi connectivity index (χ2n) is 5.49. The van der Waals surface area contributed by atoms with Crippen molar-refractivity contribution in [1.82, 2.24) is 9.38 Å². The maximum Gasteiger partial charge on any atom is 0.360 e. The molecule has 2 aromatic heterocycles. The van der Waals surface area contributed by atoms with Crippen LogP contribution in [0.1, 0.15) is 29.9 Å². The van der Waals surface area contributed by atoms with E-state index in [1.165, 1.54) is 0 Å². The number of hydrogen-bond donors (Lipinski definition) is 0. The number of nitrogens with zero attached hydrogens (tertiary/aromatic N) is 4. The Hall–Kier alpha value is -3.22. The third-order valence-corrected chi connectivity index (χ3v) is 3.71. The summed E-state index contributed by atoms with van der Waals surface area (Å²) in [5.41, 5.74) is 2.28. The fourth-order valence-corrected chi connectivity index (χ4v) is 2.54. The molecule has 3 aromatic rings. The molecule has 0 aliphatic heterocycles. The second kappa shape index (κ2) is 7.77. The molecular formula is C19H20N4O3. The molecule has 0 atom stereocenters. The summed E-state index contributed by atoms with van der Waals surface area (Å²) in [5.74, 6) is 0.428. The van der Waals surface area contributed by atoms with Crippen LogP contribution < -0.4 is 4.74 Å². The third-order valence-electron chi connectivity index (χ3n) is 3.71. The maximum atomic E-state index is 12.3. The minimum atomic E-state index is -0.525. The second-order valence-corrected chi connectivity index (χ2v) is 5.49. The van der Waals surface area contributed by atoms with Gasteiger partial charge in [-0.3, -0.25) is 4.40 Å². The van der Waals surface area contributed by atoms with Gasteiger partial charge in [0.05, 0.1) is 13.2 Å². The van der Waals surface area contributed by atoms with E-state index in [-0.39, 0.29) is 12.3 Å². The van der Waals surface area contributed by atoms with Crippen LogP contribution in [0.3, 0.4) is 0 Å². The summed E-state index contributed by atoms with van der Waals surface area (Å²) in [6.07, 6.45) is 1.79. The van der Waals surface area contributed by atoms with Crippen molar-refractivity contribution < 1.29 is 14.3 Å². The number of aryl methyl sites for hydroxylation is 1. The molecule has 1 aromatic carbocycles. The number of pyridine rings is 1. The van der Waals surface area contributed by atoms with Gasteiger partial charge in [-0.2, -0.15) is 0 Å². The highest BCUT2D eigenvalue weighted by molar-refractivity contribution is 5.93. The van der Waals surface area contributed by atoms with Gasteiger partial charge in [0.25, 0.3) is 0 Å². The molecule has 134 valence electrons. The Balaban J connectivity index is 2.10. The molecule has 0 saturated carbocycles. The largest absolute Gasteiger partial charge is 0.492 e. The molecule has 0 aliphatic carbocycles. The smallest absolute Gasteiger partial charge is 0.360 e. The lowest BCUT2D eigenvalue weighted by Crippen LogP contribution is -2.05. The summed E-state index contributed by atoms with van der Waals surface area (Å²) in [6.45, 7) is 6.35. The molecule has 7 heteroatoms. The topological polar surface area (TPSA) is 77.5 Å². The average Bonchev–Trinajstić information content (AvgIpc) is 3.02. The summed E-state index contributed by atoms with van der Waals surface area (Å²) in [6, 6.07) is 11.1. The monoisotopic (exact) mass is 352 g/mol. The van der Waals surface area contributed by atoms with Gasteiger partial charge in [0, 0.05) is 6.20 Å². The van der Waals surface area contributed by atoms with Gasteiger partial charge in [-0.1, -0.05) is 18.2 Å². The Bertz CT molecular complexity index is 963. The SMILES string of the molecule is CCOC(=O)c1nc2c(C)cccn2c1N=Nc1ccccc1OCC. The van der Waals surface area contributed by atoms with E-state index < -0.39 is 5.97 Å². The minimum absolute atomic E-state index is 0.138. The zero-order valence-electron chi connectivity index (χ0n) is 15.0. The van der Waals surface area contributed by atoms with E-state index in [2.05, 4.69) is 15.2 Å². The summed E-state index contributed by atoms with van der Waals surface area (Å²) >= 11 is 0. The number of ether oxygens (including phenoxy) is 2. The fraction of sp³-hybridized carbons (Fsp3) is 0.263. The lowest BCUT2D eigenvalue weighted by molar-refractivity contribution is 0.0521. The van der Waals surface area contributed by atoms with E-state index >= 15 is 0 Å². The Morgan fingerprint density at radius 2 is 1.92 bits per heavy atom. The van der Waals surface area contributed by atoms with Gasteiger partial charge in [0.2, 0.25) is 0 Å². The van der Waals surface area contributed by atoms with Crippen molar-refractivity contribution in [2.24, 2.45) is 10.2 Å². The number of aromatic nitrogens is 2. The van der Waals surface area contributed by atoms with Gasteiger partial charge >= 0.3 is 5.97 Å². The zero-order chi connectivity index (χ0) is 18.5. The molecule has 0 fully saturated rings. The lowest BCUT2D eigenvalue weighted by atomic mass is 10.3. The van der Waals surface area contributed by atoms with Crippen molar-refractivity contribution in [3.05, 3.63) is 53.9 Å². The Morgan fingerprint density at radius 3 is 2.69 bits per heavy atom. The summed E-state index contributed by atoms with van der Waals surface area (Å²) in [5, 5.41) is 8.58. The van der Waals surface area contributed by atoms with Crippen LogP contribution in [0.25, 0.3) is 5.65 Å². The molecule has 0 N–H and O–H groups in total. The number of fused-ring (bicyclic) bond motifs is 1. The molecule has 0 saturated heterocycles. The molecule has 26 heavy (non-hydrogen) atoms. The molecule has 0 unspecified atom stereocenters. The summed E-state index contributed by atoms with van der Waals surface area (Å²) < 4.78 is 12.4. The molecule has 0 bridgehead atoms. The molecule has 7 nitrogen and oxygen atoms in total. The summed E-state index contributed by atoms with van der Waals surface area (Å²) in [7, 11) is 0. The van der Waals surface area contributed by atoms with Crippen LogP contribution in [-0.2, 0) is 4.74 Å². The Kier molecular flexibility index (Phi) is 5.26. The van der Waals surface area contributed by atoms with E-state index in [0.717, 1.165) is 5.56 Å². The number of rotatable bonds is 6.